The number of carbonyl (C=O) groups is 2. The first-order chi connectivity index (χ1) is 13.7. The van der Waals surface area contributed by atoms with Gasteiger partial charge in [-0.2, -0.15) is 0 Å². The van der Waals surface area contributed by atoms with Crippen LogP contribution in [0, 0.1) is 20.8 Å². The number of ether oxygens (including phenoxy) is 3. The van der Waals surface area contributed by atoms with E-state index in [1.54, 1.807) is 31.4 Å². The summed E-state index contributed by atoms with van der Waals surface area (Å²) in [4.78, 5) is 24.6. The number of rotatable bonds is 7. The molecular formula is C23H27NO5. The Morgan fingerprint density at radius 2 is 1.66 bits per heavy atom. The predicted octanol–water partition coefficient (Wildman–Crippen LogP) is 4.21. The number of hydrogen-bond donors (Lipinski definition) is 1. The minimum absolute atomic E-state index is 0.385. The first kappa shape index (κ1) is 22.0. The number of nitrogens with one attached hydrogen (secondary N) is 1. The zero-order chi connectivity index (χ0) is 21.6. The highest BCUT2D eigenvalue weighted by molar-refractivity contribution is 5.97. The molecule has 0 saturated carbocycles. The highest BCUT2D eigenvalue weighted by atomic mass is 16.5. The fraction of sp³-hybridized carbons (Fsp3) is 0.304. The van der Waals surface area contributed by atoms with Crippen LogP contribution in [-0.2, 0) is 14.3 Å². The van der Waals surface area contributed by atoms with Gasteiger partial charge in [0.05, 0.1) is 14.2 Å². The van der Waals surface area contributed by atoms with Crippen LogP contribution < -0.4 is 14.8 Å². The molecule has 2 aromatic carbocycles. The summed E-state index contributed by atoms with van der Waals surface area (Å²) in [5.74, 6) is 0.199. The van der Waals surface area contributed by atoms with Crippen molar-refractivity contribution in [3.05, 3.63) is 58.7 Å². The standard InChI is InChI=1S/C23H27NO5/c1-14-11-15(2)22(16(3)12-14)24-23(26)17(4)29-21(25)10-8-18-7-9-19(27-5)13-20(18)28-6/h7-13,17H,1-6H3,(H,24,26)/b10-8+/t17-/m0/s1. The molecule has 154 valence electrons. The molecule has 6 nitrogen and oxygen atoms in total. The molecule has 0 bridgehead atoms. The van der Waals surface area contributed by atoms with Crippen LogP contribution in [0.1, 0.15) is 29.2 Å². The van der Waals surface area contributed by atoms with Gasteiger partial charge in [-0.15, -0.1) is 0 Å². The van der Waals surface area contributed by atoms with Gasteiger partial charge in [-0.05, 0) is 57.0 Å². The molecular weight excluding hydrogens is 370 g/mol. The minimum Gasteiger partial charge on any atom is -0.497 e. The van der Waals surface area contributed by atoms with Crippen molar-refractivity contribution in [1.82, 2.24) is 0 Å². The second-order valence-corrected chi connectivity index (χ2v) is 6.78. The van der Waals surface area contributed by atoms with E-state index in [9.17, 15) is 9.59 Å². The van der Waals surface area contributed by atoms with Crippen LogP contribution in [0.2, 0.25) is 0 Å². The maximum atomic E-state index is 12.4. The second kappa shape index (κ2) is 9.78. The summed E-state index contributed by atoms with van der Waals surface area (Å²) in [6.07, 6.45) is 1.89. The lowest BCUT2D eigenvalue weighted by atomic mass is 10.0. The number of aryl methyl sites for hydroxylation is 3. The van der Waals surface area contributed by atoms with E-state index in [1.807, 2.05) is 32.9 Å². The fourth-order valence-electron chi connectivity index (χ4n) is 2.98. The van der Waals surface area contributed by atoms with Crippen LogP contribution in [0.5, 0.6) is 11.5 Å². The number of methoxy groups -OCH3 is 2. The van der Waals surface area contributed by atoms with Crippen molar-refractivity contribution in [2.45, 2.75) is 33.8 Å². The Bertz CT molecular complexity index is 910. The van der Waals surface area contributed by atoms with Crippen LogP contribution in [-0.4, -0.2) is 32.2 Å². The van der Waals surface area contributed by atoms with Gasteiger partial charge < -0.3 is 19.5 Å². The molecule has 0 saturated heterocycles. The number of amides is 1. The van der Waals surface area contributed by atoms with Gasteiger partial charge in [0, 0.05) is 23.4 Å². The van der Waals surface area contributed by atoms with Gasteiger partial charge in [0.2, 0.25) is 0 Å². The van der Waals surface area contributed by atoms with E-state index in [-0.39, 0.29) is 5.91 Å². The summed E-state index contributed by atoms with van der Waals surface area (Å²) in [5.41, 5.74) is 4.47. The van der Waals surface area contributed by atoms with Crippen molar-refractivity contribution in [2.75, 3.05) is 19.5 Å². The van der Waals surface area contributed by atoms with Crippen LogP contribution >= 0.6 is 0 Å². The molecule has 6 heteroatoms. The third kappa shape index (κ3) is 5.85. The van der Waals surface area contributed by atoms with Gasteiger partial charge >= 0.3 is 5.97 Å². The zero-order valence-corrected chi connectivity index (χ0v) is 17.7. The van der Waals surface area contributed by atoms with Crippen LogP contribution in [0.3, 0.4) is 0 Å². The lowest BCUT2D eigenvalue weighted by Crippen LogP contribution is -2.30. The van der Waals surface area contributed by atoms with Crippen molar-refractivity contribution < 1.29 is 23.8 Å². The summed E-state index contributed by atoms with van der Waals surface area (Å²) in [5, 5.41) is 2.84. The Morgan fingerprint density at radius 3 is 2.24 bits per heavy atom. The molecule has 0 aliphatic rings. The average molecular weight is 397 g/mol. The van der Waals surface area contributed by atoms with E-state index < -0.39 is 12.1 Å². The topological polar surface area (TPSA) is 73.9 Å². The van der Waals surface area contributed by atoms with Gasteiger partial charge in [0.15, 0.2) is 6.10 Å². The third-order valence-corrected chi connectivity index (χ3v) is 4.43. The maximum Gasteiger partial charge on any atom is 0.331 e. The molecule has 2 rings (SSSR count). The molecule has 0 aliphatic carbocycles. The molecule has 0 heterocycles. The highest BCUT2D eigenvalue weighted by Crippen LogP contribution is 2.26. The minimum atomic E-state index is -0.940. The van der Waals surface area contributed by atoms with E-state index >= 15 is 0 Å². The lowest BCUT2D eigenvalue weighted by molar-refractivity contribution is -0.148. The molecule has 0 aliphatic heterocycles. The van der Waals surface area contributed by atoms with E-state index in [2.05, 4.69) is 5.32 Å². The summed E-state index contributed by atoms with van der Waals surface area (Å²) < 4.78 is 15.7. The smallest absolute Gasteiger partial charge is 0.331 e. The molecule has 0 aromatic heterocycles. The number of esters is 1. The van der Waals surface area contributed by atoms with E-state index in [0.29, 0.717) is 17.1 Å². The Hall–Kier alpha value is -3.28. The molecule has 1 N–H and O–H groups in total. The zero-order valence-electron chi connectivity index (χ0n) is 17.7. The van der Waals surface area contributed by atoms with Crippen molar-refractivity contribution in [3.63, 3.8) is 0 Å². The van der Waals surface area contributed by atoms with Gasteiger partial charge in [-0.25, -0.2) is 4.79 Å². The number of benzene rings is 2. The van der Waals surface area contributed by atoms with E-state index in [0.717, 1.165) is 22.4 Å². The predicted molar refractivity (Wildman–Crippen MR) is 113 cm³/mol. The summed E-state index contributed by atoms with van der Waals surface area (Å²) in [7, 11) is 3.10. The summed E-state index contributed by atoms with van der Waals surface area (Å²) in [6.45, 7) is 7.39. The van der Waals surface area contributed by atoms with Crippen LogP contribution in [0.15, 0.2) is 36.4 Å². The largest absolute Gasteiger partial charge is 0.497 e. The molecule has 2 aromatic rings. The Labute approximate surface area is 171 Å². The van der Waals surface area contributed by atoms with Crippen molar-refractivity contribution >= 4 is 23.6 Å². The molecule has 0 fully saturated rings. The molecule has 0 unspecified atom stereocenters. The Morgan fingerprint density at radius 1 is 1.00 bits per heavy atom. The van der Waals surface area contributed by atoms with E-state index in [4.69, 9.17) is 14.2 Å². The normalized spacial score (nSPS) is 11.8. The first-order valence-corrected chi connectivity index (χ1v) is 9.24. The second-order valence-electron chi connectivity index (χ2n) is 6.78. The van der Waals surface area contributed by atoms with Crippen LogP contribution in [0.4, 0.5) is 5.69 Å². The fourth-order valence-corrected chi connectivity index (χ4v) is 2.98. The lowest BCUT2D eigenvalue weighted by Gasteiger charge is -2.16. The van der Waals surface area contributed by atoms with Gasteiger partial charge in [-0.1, -0.05) is 17.7 Å². The van der Waals surface area contributed by atoms with Crippen LogP contribution in [0.25, 0.3) is 6.08 Å². The molecule has 0 spiro atoms. The maximum absolute atomic E-state index is 12.4. The van der Waals surface area contributed by atoms with Crippen molar-refractivity contribution in [2.24, 2.45) is 0 Å². The van der Waals surface area contributed by atoms with E-state index in [1.165, 1.54) is 20.1 Å². The van der Waals surface area contributed by atoms with Gasteiger partial charge in [0.25, 0.3) is 5.91 Å². The number of hydrogen-bond acceptors (Lipinski definition) is 5. The van der Waals surface area contributed by atoms with Gasteiger partial charge in [-0.3, -0.25) is 4.79 Å². The molecule has 1 atom stereocenters. The Kier molecular flexibility index (Phi) is 7.42. The number of anilines is 1. The Balaban J connectivity index is 2.02. The number of carbonyl (C=O) groups excluding carboxylic acids is 2. The molecule has 0 radical (unpaired) electrons. The monoisotopic (exact) mass is 397 g/mol. The molecule has 29 heavy (non-hydrogen) atoms. The summed E-state index contributed by atoms with van der Waals surface area (Å²) >= 11 is 0. The highest BCUT2D eigenvalue weighted by Gasteiger charge is 2.18. The average Bonchev–Trinajstić information content (AvgIpc) is 2.68. The third-order valence-electron chi connectivity index (χ3n) is 4.43. The SMILES string of the molecule is COc1ccc(/C=C/C(=O)O[C@@H](C)C(=O)Nc2c(C)cc(C)cc2C)c(OC)c1. The quantitative estimate of drug-likeness (QED) is 0.560. The first-order valence-electron chi connectivity index (χ1n) is 9.24. The van der Waals surface area contributed by atoms with Gasteiger partial charge in [0.1, 0.15) is 11.5 Å². The van der Waals surface area contributed by atoms with Crippen molar-refractivity contribution in [1.29, 1.82) is 0 Å². The molecule has 1 amide bonds. The van der Waals surface area contributed by atoms with Crippen molar-refractivity contribution in [3.8, 4) is 11.5 Å². The summed E-state index contributed by atoms with van der Waals surface area (Å²) in [6, 6.07) is 9.22.